The quantitative estimate of drug-likeness (QED) is 0.372. The van der Waals surface area contributed by atoms with Crippen LogP contribution in [-0.4, -0.2) is 24.3 Å². The smallest absolute Gasteiger partial charge is 0.233 e. The van der Waals surface area contributed by atoms with Crippen LogP contribution in [0.3, 0.4) is 0 Å². The highest BCUT2D eigenvalue weighted by Crippen LogP contribution is 2.32. The molecule has 0 fully saturated rings. The molecule has 148 valence electrons. The van der Waals surface area contributed by atoms with Crippen molar-refractivity contribution in [1.29, 1.82) is 0 Å². The molecule has 5 nitrogen and oxygen atoms in total. The van der Waals surface area contributed by atoms with E-state index in [1.807, 2.05) is 60.9 Å². The van der Waals surface area contributed by atoms with E-state index in [-0.39, 0.29) is 5.91 Å². The summed E-state index contributed by atoms with van der Waals surface area (Å²) < 4.78 is 11.8. The molecule has 0 aliphatic carbocycles. The molecule has 2 aromatic heterocycles. The van der Waals surface area contributed by atoms with Crippen LogP contribution in [0.4, 0.5) is 5.13 Å². The molecule has 2 heterocycles. The molecule has 4 aromatic rings. The molecule has 0 N–H and O–H groups in total. The van der Waals surface area contributed by atoms with Gasteiger partial charge in [-0.3, -0.25) is 9.69 Å². The molecule has 0 aliphatic rings. The topological polar surface area (TPSA) is 55.6 Å². The summed E-state index contributed by atoms with van der Waals surface area (Å²) in [4.78, 5) is 20.8. The van der Waals surface area contributed by atoms with Crippen molar-refractivity contribution in [1.82, 2.24) is 4.98 Å². The minimum Gasteiger partial charge on any atom is -0.497 e. The second-order valence-corrected chi connectivity index (χ2v) is 8.30. The van der Waals surface area contributed by atoms with Crippen molar-refractivity contribution >= 4 is 44.4 Å². The number of fused-ring (bicyclic) bond motifs is 1. The Balaban J connectivity index is 1.64. The Kier molecular flexibility index (Phi) is 5.87. The van der Waals surface area contributed by atoms with Crippen molar-refractivity contribution in [2.75, 3.05) is 18.3 Å². The Labute approximate surface area is 177 Å². The minimum atomic E-state index is -0.0238. The number of rotatable bonds is 7. The van der Waals surface area contributed by atoms with Gasteiger partial charge in [-0.05, 0) is 48.2 Å². The van der Waals surface area contributed by atoms with Crippen molar-refractivity contribution in [2.45, 2.75) is 17.9 Å². The van der Waals surface area contributed by atoms with Crippen molar-refractivity contribution in [2.24, 2.45) is 0 Å². The van der Waals surface area contributed by atoms with Gasteiger partial charge in [-0.25, -0.2) is 4.98 Å². The van der Waals surface area contributed by atoms with Crippen LogP contribution in [-0.2, 0) is 17.8 Å². The van der Waals surface area contributed by atoms with Crippen molar-refractivity contribution in [3.63, 3.8) is 0 Å². The summed E-state index contributed by atoms with van der Waals surface area (Å²) in [5.74, 6) is 1.43. The first kappa shape index (κ1) is 19.5. The highest BCUT2D eigenvalue weighted by atomic mass is 32.2. The normalized spacial score (nSPS) is 11.0. The lowest BCUT2D eigenvalue weighted by Gasteiger charge is -2.19. The fraction of sp³-hybridized carbons (Fsp3) is 0.182. The SMILES string of the molecule is COc1ccc2sc(N(Cc3ccco3)C(=O)Cc3ccc(SC)cc3)nc2c1. The number of thiazole rings is 1. The summed E-state index contributed by atoms with van der Waals surface area (Å²) >= 11 is 3.17. The van der Waals surface area contributed by atoms with E-state index >= 15 is 0 Å². The van der Waals surface area contributed by atoms with Gasteiger partial charge < -0.3 is 9.15 Å². The van der Waals surface area contributed by atoms with Crippen LogP contribution in [0.2, 0.25) is 0 Å². The molecule has 0 saturated carbocycles. The standard InChI is InChI=1S/C22H20N2O3S2/c1-26-16-7-10-20-19(13-16)23-22(29-20)24(14-17-4-3-11-27-17)21(25)12-15-5-8-18(28-2)9-6-15/h3-11,13H,12,14H2,1-2H3. The number of methoxy groups -OCH3 is 1. The monoisotopic (exact) mass is 424 g/mol. The average molecular weight is 425 g/mol. The Morgan fingerprint density at radius 3 is 2.72 bits per heavy atom. The molecular weight excluding hydrogens is 404 g/mol. The van der Waals surface area contributed by atoms with Crippen LogP contribution in [0.1, 0.15) is 11.3 Å². The number of anilines is 1. The largest absolute Gasteiger partial charge is 0.497 e. The summed E-state index contributed by atoms with van der Waals surface area (Å²) in [6.45, 7) is 0.339. The molecule has 2 aromatic carbocycles. The van der Waals surface area contributed by atoms with E-state index in [4.69, 9.17) is 14.1 Å². The lowest BCUT2D eigenvalue weighted by Crippen LogP contribution is -2.31. The third-order valence-corrected chi connectivity index (χ3v) is 6.33. The lowest BCUT2D eigenvalue weighted by atomic mass is 10.1. The number of hydrogen-bond acceptors (Lipinski definition) is 6. The van der Waals surface area contributed by atoms with E-state index in [9.17, 15) is 4.79 Å². The lowest BCUT2D eigenvalue weighted by molar-refractivity contribution is -0.118. The molecule has 0 saturated heterocycles. The molecule has 1 amide bonds. The Morgan fingerprint density at radius 2 is 2.03 bits per heavy atom. The summed E-state index contributed by atoms with van der Waals surface area (Å²) in [7, 11) is 1.63. The predicted octanol–water partition coefficient (Wildman–Crippen LogP) is 5.40. The number of carbonyl (C=O) groups excluding carboxylic acids is 1. The van der Waals surface area contributed by atoms with Gasteiger partial charge in [0.1, 0.15) is 11.5 Å². The zero-order chi connectivity index (χ0) is 20.2. The van der Waals surface area contributed by atoms with Gasteiger partial charge in [0.05, 0.1) is 36.6 Å². The maximum absolute atomic E-state index is 13.2. The van der Waals surface area contributed by atoms with Crippen LogP contribution < -0.4 is 9.64 Å². The van der Waals surface area contributed by atoms with Crippen molar-refractivity contribution < 1.29 is 13.9 Å². The number of furan rings is 1. The number of thioether (sulfide) groups is 1. The molecule has 0 radical (unpaired) electrons. The highest BCUT2D eigenvalue weighted by molar-refractivity contribution is 7.98. The number of benzene rings is 2. The van der Waals surface area contributed by atoms with Crippen molar-refractivity contribution in [3.05, 3.63) is 72.2 Å². The van der Waals surface area contributed by atoms with Crippen LogP contribution in [0, 0.1) is 0 Å². The predicted molar refractivity (Wildman–Crippen MR) is 118 cm³/mol. The fourth-order valence-corrected chi connectivity index (χ4v) is 4.34. The maximum atomic E-state index is 13.2. The Bertz CT molecular complexity index is 1110. The van der Waals surface area contributed by atoms with Gasteiger partial charge in [-0.2, -0.15) is 0 Å². The first-order chi connectivity index (χ1) is 14.2. The van der Waals surface area contributed by atoms with E-state index < -0.39 is 0 Å². The van der Waals surface area contributed by atoms with Gasteiger partial charge in [0.2, 0.25) is 5.91 Å². The third-order valence-electron chi connectivity index (χ3n) is 4.52. The van der Waals surface area contributed by atoms with Crippen LogP contribution in [0.25, 0.3) is 10.2 Å². The van der Waals surface area contributed by atoms with Gasteiger partial charge in [-0.1, -0.05) is 23.5 Å². The van der Waals surface area contributed by atoms with E-state index in [0.717, 1.165) is 21.5 Å². The zero-order valence-electron chi connectivity index (χ0n) is 16.1. The molecule has 0 aliphatic heterocycles. The summed E-state index contributed by atoms with van der Waals surface area (Å²) in [6.07, 6.45) is 3.95. The molecule has 7 heteroatoms. The number of ether oxygens (including phenoxy) is 1. The fourth-order valence-electron chi connectivity index (χ4n) is 2.97. The average Bonchev–Trinajstić information content (AvgIpc) is 3.41. The van der Waals surface area contributed by atoms with Crippen LogP contribution in [0.15, 0.2) is 70.2 Å². The second kappa shape index (κ2) is 8.71. The van der Waals surface area contributed by atoms with Crippen LogP contribution in [0.5, 0.6) is 5.75 Å². The van der Waals surface area contributed by atoms with Gasteiger partial charge >= 0.3 is 0 Å². The number of aromatic nitrogens is 1. The second-order valence-electron chi connectivity index (χ2n) is 6.41. The molecular formula is C22H20N2O3S2. The van der Waals surface area contributed by atoms with Crippen LogP contribution >= 0.6 is 23.1 Å². The zero-order valence-corrected chi connectivity index (χ0v) is 17.8. The molecule has 29 heavy (non-hydrogen) atoms. The molecule has 0 bridgehead atoms. The first-order valence-electron chi connectivity index (χ1n) is 9.06. The number of hydrogen-bond donors (Lipinski definition) is 0. The van der Waals surface area contributed by atoms with Gasteiger partial charge in [0.15, 0.2) is 5.13 Å². The molecule has 0 unspecified atom stereocenters. The van der Waals surface area contributed by atoms with Gasteiger partial charge in [0.25, 0.3) is 0 Å². The maximum Gasteiger partial charge on any atom is 0.233 e. The Hall–Kier alpha value is -2.77. The van der Waals surface area contributed by atoms with E-state index in [1.54, 1.807) is 30.0 Å². The minimum absolute atomic E-state index is 0.0238. The first-order valence-corrected chi connectivity index (χ1v) is 11.1. The van der Waals surface area contributed by atoms with Gasteiger partial charge in [-0.15, -0.1) is 11.8 Å². The Morgan fingerprint density at radius 1 is 1.21 bits per heavy atom. The van der Waals surface area contributed by atoms with E-state index in [0.29, 0.717) is 23.9 Å². The van der Waals surface area contributed by atoms with Gasteiger partial charge in [0, 0.05) is 11.0 Å². The third kappa shape index (κ3) is 4.46. The molecule has 4 rings (SSSR count). The molecule has 0 atom stereocenters. The van der Waals surface area contributed by atoms with Crippen molar-refractivity contribution in [3.8, 4) is 5.75 Å². The summed E-state index contributed by atoms with van der Waals surface area (Å²) in [5.41, 5.74) is 1.78. The number of carbonyl (C=O) groups is 1. The van der Waals surface area contributed by atoms with E-state index in [1.165, 1.54) is 16.2 Å². The summed E-state index contributed by atoms with van der Waals surface area (Å²) in [6, 6.07) is 17.5. The number of amides is 1. The highest BCUT2D eigenvalue weighted by Gasteiger charge is 2.22. The number of nitrogens with zero attached hydrogens (tertiary/aromatic N) is 2. The molecule has 0 spiro atoms. The summed E-state index contributed by atoms with van der Waals surface area (Å²) in [5, 5.41) is 0.649. The van der Waals surface area contributed by atoms with E-state index in [2.05, 4.69) is 0 Å².